The first-order valence-corrected chi connectivity index (χ1v) is 10.6. The smallest absolute Gasteiger partial charge is 0.241 e. The van der Waals surface area contributed by atoms with Gasteiger partial charge >= 0.3 is 0 Å². The minimum Gasteiger partial charge on any atom is -0.368 e. The first-order chi connectivity index (χ1) is 13.5. The molecule has 2 aliphatic heterocycles. The van der Waals surface area contributed by atoms with Crippen LogP contribution in [0.2, 0.25) is 0 Å². The molecular formula is C22H25N3O2S. The van der Waals surface area contributed by atoms with Crippen LogP contribution in [0.15, 0.2) is 53.4 Å². The second-order valence-corrected chi connectivity index (χ2v) is 9.01. The Balaban J connectivity index is 1.58. The van der Waals surface area contributed by atoms with E-state index in [0.29, 0.717) is 24.8 Å². The van der Waals surface area contributed by atoms with E-state index < -0.39 is 6.04 Å². The van der Waals surface area contributed by atoms with Gasteiger partial charge in [-0.1, -0.05) is 43.3 Å². The first-order valence-electron chi connectivity index (χ1n) is 9.69. The van der Waals surface area contributed by atoms with E-state index >= 15 is 0 Å². The summed E-state index contributed by atoms with van der Waals surface area (Å²) in [4.78, 5) is 30.3. The number of nitrogens with two attached hydrogens (primary N) is 1. The molecule has 2 amide bonds. The molecule has 146 valence electrons. The molecule has 0 aliphatic carbocycles. The van der Waals surface area contributed by atoms with Crippen LogP contribution in [-0.2, 0) is 22.6 Å². The highest BCUT2D eigenvalue weighted by molar-refractivity contribution is 8.00. The zero-order chi connectivity index (χ0) is 19.7. The fourth-order valence-electron chi connectivity index (χ4n) is 4.03. The van der Waals surface area contributed by atoms with Gasteiger partial charge in [-0.15, -0.1) is 11.8 Å². The number of fused-ring (bicyclic) bond motifs is 2. The van der Waals surface area contributed by atoms with Crippen LogP contribution in [0.1, 0.15) is 24.5 Å². The van der Waals surface area contributed by atoms with Crippen molar-refractivity contribution in [3.05, 3.63) is 59.7 Å². The molecule has 2 aliphatic rings. The highest BCUT2D eigenvalue weighted by atomic mass is 32.2. The molecule has 4 rings (SSSR count). The summed E-state index contributed by atoms with van der Waals surface area (Å²) >= 11 is 1.81. The maximum absolute atomic E-state index is 13.3. The minimum atomic E-state index is -0.450. The maximum atomic E-state index is 13.3. The van der Waals surface area contributed by atoms with Crippen LogP contribution in [-0.4, -0.2) is 41.1 Å². The molecule has 0 saturated heterocycles. The van der Waals surface area contributed by atoms with Crippen LogP contribution in [0, 0.1) is 0 Å². The van der Waals surface area contributed by atoms with Crippen molar-refractivity contribution in [1.29, 1.82) is 0 Å². The van der Waals surface area contributed by atoms with Crippen molar-refractivity contribution in [2.75, 3.05) is 18.0 Å². The molecule has 2 aromatic rings. The normalized spacial score (nSPS) is 22.1. The fourth-order valence-corrected chi connectivity index (χ4v) is 5.14. The third-order valence-electron chi connectivity index (χ3n) is 5.56. The Morgan fingerprint density at radius 1 is 1.11 bits per heavy atom. The highest BCUT2D eigenvalue weighted by Gasteiger charge is 2.33. The maximum Gasteiger partial charge on any atom is 0.241 e. The molecule has 0 radical (unpaired) electrons. The molecule has 0 spiro atoms. The van der Waals surface area contributed by atoms with Gasteiger partial charge in [-0.3, -0.25) is 14.5 Å². The summed E-state index contributed by atoms with van der Waals surface area (Å²) in [6, 6.07) is 15.7. The number of primary amides is 1. The monoisotopic (exact) mass is 395 g/mol. The third-order valence-corrected chi connectivity index (χ3v) is 6.79. The standard InChI is InChI=1S/C22H25N3O2S/c1-15-10-11-25(18-8-4-5-9-20(18)28-15)21(26)14-24-13-17-7-3-2-6-16(17)12-19(24)22(23)27/h2-9,15,19H,10-14H2,1H3,(H2,23,27)/t15?,19-/m1/s1. The summed E-state index contributed by atoms with van der Waals surface area (Å²) in [7, 11) is 0. The van der Waals surface area contributed by atoms with Gasteiger partial charge in [-0.25, -0.2) is 0 Å². The van der Waals surface area contributed by atoms with E-state index in [-0.39, 0.29) is 18.4 Å². The van der Waals surface area contributed by atoms with Crippen molar-refractivity contribution in [3.63, 3.8) is 0 Å². The number of hydrogen-bond acceptors (Lipinski definition) is 4. The Hall–Kier alpha value is -2.31. The molecule has 0 bridgehead atoms. The van der Waals surface area contributed by atoms with Crippen LogP contribution in [0.4, 0.5) is 5.69 Å². The van der Waals surface area contributed by atoms with E-state index in [0.717, 1.165) is 28.1 Å². The zero-order valence-electron chi connectivity index (χ0n) is 16.0. The summed E-state index contributed by atoms with van der Waals surface area (Å²) in [5.41, 5.74) is 8.95. The summed E-state index contributed by atoms with van der Waals surface area (Å²) < 4.78 is 0. The number of nitrogens with zero attached hydrogens (tertiary/aromatic N) is 2. The minimum absolute atomic E-state index is 0.0211. The largest absolute Gasteiger partial charge is 0.368 e. The third kappa shape index (κ3) is 3.80. The van der Waals surface area contributed by atoms with Crippen LogP contribution in [0.3, 0.4) is 0 Å². The molecule has 0 aromatic heterocycles. The molecule has 2 N–H and O–H groups in total. The average molecular weight is 396 g/mol. The Morgan fingerprint density at radius 3 is 2.61 bits per heavy atom. The average Bonchev–Trinajstić information content (AvgIpc) is 2.85. The molecule has 2 heterocycles. The molecule has 2 atom stereocenters. The van der Waals surface area contributed by atoms with Gasteiger partial charge in [-0.2, -0.15) is 0 Å². The Morgan fingerprint density at radius 2 is 1.82 bits per heavy atom. The predicted molar refractivity (Wildman–Crippen MR) is 112 cm³/mol. The van der Waals surface area contributed by atoms with Crippen LogP contribution in [0.25, 0.3) is 0 Å². The quantitative estimate of drug-likeness (QED) is 0.868. The molecule has 0 saturated carbocycles. The van der Waals surface area contributed by atoms with Gasteiger partial charge < -0.3 is 10.6 Å². The number of amides is 2. The van der Waals surface area contributed by atoms with Gasteiger partial charge in [0.15, 0.2) is 0 Å². The Bertz CT molecular complexity index is 901. The molecule has 1 unspecified atom stereocenters. The molecule has 0 fully saturated rings. The molecular weight excluding hydrogens is 370 g/mol. The van der Waals surface area contributed by atoms with Gasteiger partial charge in [0.25, 0.3) is 0 Å². The Labute approximate surface area is 169 Å². The van der Waals surface area contributed by atoms with Crippen molar-refractivity contribution in [2.24, 2.45) is 5.73 Å². The van der Waals surface area contributed by atoms with Gasteiger partial charge in [-0.05, 0) is 36.1 Å². The topological polar surface area (TPSA) is 66.6 Å². The van der Waals surface area contributed by atoms with E-state index in [1.165, 1.54) is 0 Å². The van der Waals surface area contributed by atoms with Crippen molar-refractivity contribution in [2.45, 2.75) is 42.5 Å². The fraction of sp³-hybridized carbons (Fsp3) is 0.364. The van der Waals surface area contributed by atoms with E-state index in [2.05, 4.69) is 19.1 Å². The zero-order valence-corrected chi connectivity index (χ0v) is 16.8. The highest BCUT2D eigenvalue weighted by Crippen LogP contribution is 2.37. The summed E-state index contributed by atoms with van der Waals surface area (Å²) in [5, 5.41) is 0.458. The summed E-state index contributed by atoms with van der Waals surface area (Å²) in [6.45, 7) is 3.64. The second-order valence-electron chi connectivity index (χ2n) is 7.53. The first kappa shape index (κ1) is 19.0. The number of benzene rings is 2. The number of rotatable bonds is 3. The lowest BCUT2D eigenvalue weighted by molar-refractivity contribution is -0.126. The second kappa shape index (κ2) is 7.97. The SMILES string of the molecule is CC1CCN(C(=O)CN2Cc3ccccc3C[C@@H]2C(N)=O)c2ccccc2S1. The van der Waals surface area contributed by atoms with E-state index in [1.807, 2.05) is 58.0 Å². The van der Waals surface area contributed by atoms with Crippen molar-refractivity contribution in [1.82, 2.24) is 4.90 Å². The van der Waals surface area contributed by atoms with E-state index in [9.17, 15) is 9.59 Å². The van der Waals surface area contributed by atoms with Gasteiger partial charge in [0.2, 0.25) is 11.8 Å². The van der Waals surface area contributed by atoms with Crippen LogP contribution < -0.4 is 10.6 Å². The van der Waals surface area contributed by atoms with Gasteiger partial charge in [0.05, 0.1) is 18.3 Å². The number of thioether (sulfide) groups is 1. The number of para-hydroxylation sites is 1. The Kier molecular flexibility index (Phi) is 5.42. The van der Waals surface area contributed by atoms with E-state index in [4.69, 9.17) is 5.73 Å². The van der Waals surface area contributed by atoms with E-state index in [1.54, 1.807) is 0 Å². The number of carbonyl (C=O) groups is 2. The van der Waals surface area contributed by atoms with Crippen molar-refractivity contribution >= 4 is 29.3 Å². The van der Waals surface area contributed by atoms with Crippen molar-refractivity contribution in [3.8, 4) is 0 Å². The summed E-state index contributed by atoms with van der Waals surface area (Å²) in [6.07, 6.45) is 1.50. The van der Waals surface area contributed by atoms with Crippen LogP contribution in [0.5, 0.6) is 0 Å². The van der Waals surface area contributed by atoms with Gasteiger partial charge in [0, 0.05) is 23.2 Å². The lowest BCUT2D eigenvalue weighted by Crippen LogP contribution is -2.52. The van der Waals surface area contributed by atoms with Crippen LogP contribution >= 0.6 is 11.8 Å². The number of carbonyl (C=O) groups excluding carboxylic acids is 2. The molecule has 2 aromatic carbocycles. The number of hydrogen-bond donors (Lipinski definition) is 1. The lowest BCUT2D eigenvalue weighted by atomic mass is 9.93. The summed E-state index contributed by atoms with van der Waals surface area (Å²) in [5.74, 6) is -0.351. The number of anilines is 1. The van der Waals surface area contributed by atoms with Gasteiger partial charge in [0.1, 0.15) is 0 Å². The molecule has 6 heteroatoms. The van der Waals surface area contributed by atoms with Crippen molar-refractivity contribution < 1.29 is 9.59 Å². The molecule has 5 nitrogen and oxygen atoms in total. The molecule has 28 heavy (non-hydrogen) atoms. The predicted octanol–water partition coefficient (Wildman–Crippen LogP) is 2.82. The lowest BCUT2D eigenvalue weighted by Gasteiger charge is -2.36.